The summed E-state index contributed by atoms with van der Waals surface area (Å²) in [5.74, 6) is -0.389. The zero-order valence-electron chi connectivity index (χ0n) is 14.7. The minimum absolute atomic E-state index is 0.111. The van der Waals surface area contributed by atoms with Crippen molar-refractivity contribution in [2.75, 3.05) is 5.32 Å². The molecule has 2 N–H and O–H groups in total. The molecule has 0 saturated heterocycles. The van der Waals surface area contributed by atoms with E-state index in [2.05, 4.69) is 20.4 Å². The van der Waals surface area contributed by atoms with Gasteiger partial charge in [-0.3, -0.25) is 0 Å². The fourth-order valence-electron chi connectivity index (χ4n) is 2.71. The summed E-state index contributed by atoms with van der Waals surface area (Å²) in [5.41, 5.74) is -2.45. The van der Waals surface area contributed by atoms with Gasteiger partial charge in [0.05, 0.1) is 11.6 Å². The average molecular weight is 401 g/mol. The molecule has 0 amide bonds. The molecule has 0 fully saturated rings. The molecule has 3 aromatic rings. The second-order valence-electron chi connectivity index (χ2n) is 6.69. The zero-order valence-corrected chi connectivity index (χ0v) is 14.7. The SMILES string of the molecule is CC(C)(O)[C@H](Nc1cc(C(F)(F)F)nc2ncnn12)c1ccc(C(F)F)cc1. The molecule has 6 nitrogen and oxygen atoms in total. The highest BCUT2D eigenvalue weighted by Gasteiger charge is 2.35. The van der Waals surface area contributed by atoms with Gasteiger partial charge in [0.15, 0.2) is 5.69 Å². The first-order valence-corrected chi connectivity index (χ1v) is 8.11. The van der Waals surface area contributed by atoms with Gasteiger partial charge in [0.25, 0.3) is 12.2 Å². The van der Waals surface area contributed by atoms with Crippen molar-refractivity contribution in [1.29, 1.82) is 0 Å². The van der Waals surface area contributed by atoms with Crippen LogP contribution in [0.3, 0.4) is 0 Å². The normalized spacial score (nSPS) is 13.9. The number of anilines is 1. The Bertz CT molecular complexity index is 963. The largest absolute Gasteiger partial charge is 0.433 e. The summed E-state index contributed by atoms with van der Waals surface area (Å²) in [4.78, 5) is 7.10. The van der Waals surface area contributed by atoms with E-state index in [1.165, 1.54) is 38.1 Å². The van der Waals surface area contributed by atoms with Crippen LogP contribution in [0.1, 0.15) is 43.1 Å². The summed E-state index contributed by atoms with van der Waals surface area (Å²) in [7, 11) is 0. The van der Waals surface area contributed by atoms with Crippen molar-refractivity contribution < 1.29 is 27.1 Å². The smallest absolute Gasteiger partial charge is 0.388 e. The van der Waals surface area contributed by atoms with E-state index >= 15 is 0 Å². The molecule has 2 aromatic heterocycles. The first-order chi connectivity index (χ1) is 13.0. The van der Waals surface area contributed by atoms with Gasteiger partial charge in [-0.05, 0) is 19.4 Å². The number of hydrogen-bond donors (Lipinski definition) is 2. The standard InChI is InChI=1S/C17H16F5N5O/c1-16(2,28)13(9-3-5-10(6-4-9)14(18)19)26-12-7-11(17(20,21)22)25-15-23-8-24-27(12)15/h3-8,13-14,26,28H,1-2H3/t13-/m1/s1. The monoisotopic (exact) mass is 401 g/mol. The van der Waals surface area contributed by atoms with Gasteiger partial charge in [0, 0.05) is 11.6 Å². The Morgan fingerprint density at radius 1 is 1.07 bits per heavy atom. The summed E-state index contributed by atoms with van der Waals surface area (Å²) in [5, 5.41) is 17.2. The number of benzene rings is 1. The lowest BCUT2D eigenvalue weighted by atomic mass is 9.91. The Morgan fingerprint density at radius 2 is 1.68 bits per heavy atom. The molecule has 11 heteroatoms. The van der Waals surface area contributed by atoms with Gasteiger partial charge >= 0.3 is 6.18 Å². The third-order valence-corrected chi connectivity index (χ3v) is 4.06. The third kappa shape index (κ3) is 4.03. The molecular formula is C17H16F5N5O. The van der Waals surface area contributed by atoms with Crippen LogP contribution in [0.15, 0.2) is 36.7 Å². The fourth-order valence-corrected chi connectivity index (χ4v) is 2.71. The molecule has 0 saturated carbocycles. The molecule has 2 heterocycles. The van der Waals surface area contributed by atoms with Crippen LogP contribution in [-0.4, -0.2) is 30.3 Å². The Kier molecular flexibility index (Phi) is 4.96. The first-order valence-electron chi connectivity index (χ1n) is 8.11. The maximum Gasteiger partial charge on any atom is 0.433 e. The number of nitrogens with zero attached hydrogens (tertiary/aromatic N) is 4. The predicted molar refractivity (Wildman–Crippen MR) is 89.8 cm³/mol. The van der Waals surface area contributed by atoms with Crippen LogP contribution in [0, 0.1) is 0 Å². The molecule has 0 bridgehead atoms. The molecule has 3 rings (SSSR count). The number of rotatable bonds is 5. The molecule has 0 radical (unpaired) electrons. The lowest BCUT2D eigenvalue weighted by molar-refractivity contribution is -0.141. The minimum atomic E-state index is -4.72. The van der Waals surface area contributed by atoms with E-state index in [0.717, 1.165) is 16.9 Å². The van der Waals surface area contributed by atoms with E-state index in [1.54, 1.807) is 0 Å². The van der Waals surface area contributed by atoms with Gasteiger partial charge in [-0.25, -0.2) is 13.8 Å². The molecule has 0 unspecified atom stereocenters. The van der Waals surface area contributed by atoms with Crippen molar-refractivity contribution in [3.63, 3.8) is 0 Å². The average Bonchev–Trinajstić information content (AvgIpc) is 3.06. The molecule has 28 heavy (non-hydrogen) atoms. The lowest BCUT2D eigenvalue weighted by Gasteiger charge is -2.31. The number of fused-ring (bicyclic) bond motifs is 1. The number of alkyl halides is 5. The van der Waals surface area contributed by atoms with Crippen molar-refractivity contribution in [1.82, 2.24) is 19.6 Å². The molecule has 0 aliphatic rings. The molecule has 0 spiro atoms. The summed E-state index contributed by atoms with van der Waals surface area (Å²) < 4.78 is 66.1. The van der Waals surface area contributed by atoms with Gasteiger partial charge in [0.2, 0.25) is 0 Å². The third-order valence-electron chi connectivity index (χ3n) is 4.06. The molecule has 0 aliphatic carbocycles. The van der Waals surface area contributed by atoms with Crippen LogP contribution in [-0.2, 0) is 6.18 Å². The quantitative estimate of drug-likeness (QED) is 0.632. The van der Waals surface area contributed by atoms with Crippen LogP contribution in [0.5, 0.6) is 0 Å². The number of aliphatic hydroxyl groups is 1. The summed E-state index contributed by atoms with van der Waals surface area (Å²) >= 11 is 0. The van der Waals surface area contributed by atoms with Crippen LogP contribution in [0.2, 0.25) is 0 Å². The fraction of sp³-hybridized carbons (Fsp3) is 0.353. The highest BCUT2D eigenvalue weighted by atomic mass is 19.4. The Balaban J connectivity index is 2.06. The number of nitrogens with one attached hydrogen (secondary N) is 1. The van der Waals surface area contributed by atoms with Gasteiger partial charge < -0.3 is 10.4 Å². The molecule has 150 valence electrons. The second-order valence-corrected chi connectivity index (χ2v) is 6.69. The van der Waals surface area contributed by atoms with E-state index in [4.69, 9.17) is 0 Å². The van der Waals surface area contributed by atoms with E-state index in [0.29, 0.717) is 5.56 Å². The molecule has 1 atom stereocenters. The van der Waals surface area contributed by atoms with Crippen molar-refractivity contribution in [2.45, 2.75) is 38.1 Å². The van der Waals surface area contributed by atoms with Gasteiger partial charge in [0.1, 0.15) is 12.1 Å². The summed E-state index contributed by atoms with van der Waals surface area (Å²) in [6.45, 7) is 2.88. The topological polar surface area (TPSA) is 75.3 Å². The Labute approximate surface area is 156 Å². The highest BCUT2D eigenvalue weighted by molar-refractivity contribution is 5.48. The van der Waals surface area contributed by atoms with Crippen LogP contribution < -0.4 is 5.32 Å². The van der Waals surface area contributed by atoms with E-state index in [-0.39, 0.29) is 17.2 Å². The van der Waals surface area contributed by atoms with Crippen LogP contribution in [0.4, 0.5) is 27.8 Å². The van der Waals surface area contributed by atoms with Crippen molar-refractivity contribution in [3.05, 3.63) is 53.5 Å². The summed E-state index contributed by atoms with van der Waals surface area (Å²) in [6.07, 6.45) is -6.33. The minimum Gasteiger partial charge on any atom is -0.388 e. The van der Waals surface area contributed by atoms with Crippen molar-refractivity contribution in [3.8, 4) is 0 Å². The molecule has 0 aliphatic heterocycles. The molecular weight excluding hydrogens is 385 g/mol. The van der Waals surface area contributed by atoms with Gasteiger partial charge in [-0.1, -0.05) is 24.3 Å². The van der Waals surface area contributed by atoms with E-state index in [9.17, 15) is 27.1 Å². The second kappa shape index (κ2) is 6.97. The molecule has 1 aromatic carbocycles. The van der Waals surface area contributed by atoms with E-state index < -0.39 is 29.9 Å². The Morgan fingerprint density at radius 3 is 2.21 bits per heavy atom. The zero-order chi connectivity index (χ0) is 20.7. The first kappa shape index (κ1) is 19.9. The maximum absolute atomic E-state index is 13.1. The van der Waals surface area contributed by atoms with Crippen molar-refractivity contribution >= 4 is 11.6 Å². The predicted octanol–water partition coefficient (Wildman–Crippen LogP) is 4.00. The summed E-state index contributed by atoms with van der Waals surface area (Å²) in [6, 6.07) is 4.95. The van der Waals surface area contributed by atoms with Gasteiger partial charge in [-0.15, -0.1) is 0 Å². The number of halogens is 5. The van der Waals surface area contributed by atoms with Crippen molar-refractivity contribution in [2.24, 2.45) is 0 Å². The van der Waals surface area contributed by atoms with Gasteiger partial charge in [-0.2, -0.15) is 27.8 Å². The maximum atomic E-state index is 13.1. The Hall–Kier alpha value is -2.82. The van der Waals surface area contributed by atoms with Crippen LogP contribution in [0.25, 0.3) is 5.78 Å². The van der Waals surface area contributed by atoms with Crippen LogP contribution >= 0.6 is 0 Å². The highest BCUT2D eigenvalue weighted by Crippen LogP contribution is 2.34. The lowest BCUT2D eigenvalue weighted by Crippen LogP contribution is -2.35. The van der Waals surface area contributed by atoms with E-state index in [1.807, 2.05) is 0 Å². The number of hydrogen-bond acceptors (Lipinski definition) is 5. The number of aromatic nitrogens is 4.